The summed E-state index contributed by atoms with van der Waals surface area (Å²) in [4.78, 5) is 11.0. The molecule has 1 aliphatic heterocycles. The highest BCUT2D eigenvalue weighted by atomic mass is 19.4. The van der Waals surface area contributed by atoms with Crippen LogP contribution in [0.4, 0.5) is 13.2 Å². The first-order chi connectivity index (χ1) is 10.3. The van der Waals surface area contributed by atoms with Crippen molar-refractivity contribution in [2.75, 3.05) is 6.79 Å². The summed E-state index contributed by atoms with van der Waals surface area (Å²) in [5.74, 6) is -0.519. The number of benzene rings is 2. The average Bonchev–Trinajstić information content (AvgIpc) is 2.93. The van der Waals surface area contributed by atoms with Crippen LogP contribution in [0.3, 0.4) is 0 Å². The van der Waals surface area contributed by atoms with Crippen LogP contribution in [0.1, 0.15) is 15.9 Å². The van der Waals surface area contributed by atoms with Crippen molar-refractivity contribution in [1.82, 2.24) is 0 Å². The number of halogens is 3. The number of carboxylic acids is 1. The van der Waals surface area contributed by atoms with Crippen LogP contribution in [0.15, 0.2) is 36.4 Å². The molecule has 0 amide bonds. The molecule has 0 atom stereocenters. The second kappa shape index (κ2) is 4.94. The molecule has 4 nitrogen and oxygen atoms in total. The van der Waals surface area contributed by atoms with Crippen molar-refractivity contribution in [3.8, 4) is 22.6 Å². The summed E-state index contributed by atoms with van der Waals surface area (Å²) in [5.41, 5.74) is -0.883. The fourth-order valence-corrected chi connectivity index (χ4v) is 2.16. The van der Waals surface area contributed by atoms with E-state index in [1.54, 1.807) is 12.1 Å². The van der Waals surface area contributed by atoms with E-state index in [9.17, 15) is 18.0 Å². The van der Waals surface area contributed by atoms with Gasteiger partial charge in [-0.25, -0.2) is 4.79 Å². The van der Waals surface area contributed by atoms with Gasteiger partial charge in [0, 0.05) is 0 Å². The van der Waals surface area contributed by atoms with Gasteiger partial charge in [-0.15, -0.1) is 0 Å². The molecule has 1 N–H and O–H groups in total. The van der Waals surface area contributed by atoms with Crippen molar-refractivity contribution in [3.63, 3.8) is 0 Å². The van der Waals surface area contributed by atoms with Gasteiger partial charge in [0.15, 0.2) is 11.5 Å². The number of carbonyl (C=O) groups is 1. The molecule has 114 valence electrons. The van der Waals surface area contributed by atoms with Gasteiger partial charge in [-0.1, -0.05) is 6.07 Å². The third-order valence-electron chi connectivity index (χ3n) is 3.21. The highest BCUT2D eigenvalue weighted by Crippen LogP contribution is 2.38. The quantitative estimate of drug-likeness (QED) is 0.916. The molecule has 0 unspecified atom stereocenters. The Morgan fingerprint density at radius 1 is 1.00 bits per heavy atom. The minimum Gasteiger partial charge on any atom is -0.478 e. The van der Waals surface area contributed by atoms with E-state index in [4.69, 9.17) is 14.6 Å². The maximum atomic E-state index is 12.9. The normalized spacial score (nSPS) is 13.2. The molecule has 0 aromatic heterocycles. The van der Waals surface area contributed by atoms with E-state index in [0.29, 0.717) is 23.1 Å². The Kier molecular flexibility index (Phi) is 3.20. The maximum absolute atomic E-state index is 12.9. The smallest absolute Gasteiger partial charge is 0.416 e. The molecule has 0 aliphatic carbocycles. The van der Waals surface area contributed by atoms with Crippen molar-refractivity contribution in [2.45, 2.75) is 6.18 Å². The number of carboxylic acid groups (broad SMARTS) is 1. The molecule has 2 aromatic rings. The van der Waals surface area contributed by atoms with Crippen molar-refractivity contribution in [1.29, 1.82) is 0 Å². The van der Waals surface area contributed by atoms with Gasteiger partial charge in [0.25, 0.3) is 0 Å². The molecule has 2 aromatic carbocycles. The van der Waals surface area contributed by atoms with Crippen LogP contribution < -0.4 is 9.47 Å². The van der Waals surface area contributed by atoms with Gasteiger partial charge in [0.2, 0.25) is 6.79 Å². The number of rotatable bonds is 2. The van der Waals surface area contributed by atoms with Crippen LogP contribution in [0.25, 0.3) is 11.1 Å². The Labute approximate surface area is 122 Å². The highest BCUT2D eigenvalue weighted by Gasteiger charge is 2.32. The Balaban J connectivity index is 2.13. The zero-order valence-electron chi connectivity index (χ0n) is 11.0. The van der Waals surface area contributed by atoms with Crippen molar-refractivity contribution >= 4 is 5.97 Å². The molecular formula is C15H9F3O4. The summed E-state index contributed by atoms with van der Waals surface area (Å²) < 4.78 is 49.0. The zero-order chi connectivity index (χ0) is 15.9. The van der Waals surface area contributed by atoms with E-state index in [2.05, 4.69) is 0 Å². The number of fused-ring (bicyclic) bond motifs is 1. The molecule has 1 aliphatic rings. The summed E-state index contributed by atoms with van der Waals surface area (Å²) in [7, 11) is 0. The average molecular weight is 310 g/mol. The number of ether oxygens (including phenoxy) is 2. The maximum Gasteiger partial charge on any atom is 0.416 e. The second-order valence-electron chi connectivity index (χ2n) is 4.67. The summed E-state index contributed by atoms with van der Waals surface area (Å²) in [6.07, 6.45) is -4.63. The van der Waals surface area contributed by atoms with E-state index < -0.39 is 23.3 Å². The summed E-state index contributed by atoms with van der Waals surface area (Å²) in [6.45, 7) is 0.0434. The molecule has 0 radical (unpaired) electrons. The molecule has 7 heteroatoms. The first kappa shape index (κ1) is 14.2. The number of alkyl halides is 3. The second-order valence-corrected chi connectivity index (χ2v) is 4.67. The zero-order valence-corrected chi connectivity index (χ0v) is 11.0. The topological polar surface area (TPSA) is 55.8 Å². The van der Waals surface area contributed by atoms with Crippen molar-refractivity contribution in [2.24, 2.45) is 0 Å². The Hall–Kier alpha value is -2.70. The molecule has 1 heterocycles. The lowest BCUT2D eigenvalue weighted by atomic mass is 9.99. The number of hydrogen-bond acceptors (Lipinski definition) is 3. The summed E-state index contributed by atoms with van der Waals surface area (Å²) in [6, 6.07) is 7.34. The van der Waals surface area contributed by atoms with Gasteiger partial charge < -0.3 is 14.6 Å². The minimum absolute atomic E-state index is 0.0434. The summed E-state index contributed by atoms with van der Waals surface area (Å²) in [5, 5.41) is 8.99. The van der Waals surface area contributed by atoms with Crippen LogP contribution in [-0.4, -0.2) is 17.9 Å². The van der Waals surface area contributed by atoms with Gasteiger partial charge in [-0.3, -0.25) is 0 Å². The number of hydrogen-bond donors (Lipinski definition) is 1. The van der Waals surface area contributed by atoms with Gasteiger partial charge in [-0.2, -0.15) is 13.2 Å². The van der Waals surface area contributed by atoms with Crippen LogP contribution in [0.5, 0.6) is 11.5 Å². The lowest BCUT2D eigenvalue weighted by Crippen LogP contribution is -2.08. The van der Waals surface area contributed by atoms with E-state index >= 15 is 0 Å². The predicted octanol–water partition coefficient (Wildman–Crippen LogP) is 3.80. The Morgan fingerprint density at radius 2 is 1.73 bits per heavy atom. The molecule has 0 spiro atoms. The molecule has 3 rings (SSSR count). The molecule has 0 saturated carbocycles. The SMILES string of the molecule is O=C(O)c1cc(-c2ccc3c(c2)OCO3)cc(C(F)(F)F)c1. The Bertz CT molecular complexity index is 753. The molecule has 22 heavy (non-hydrogen) atoms. The van der Waals surface area contributed by atoms with Crippen LogP contribution in [0.2, 0.25) is 0 Å². The molecular weight excluding hydrogens is 301 g/mol. The van der Waals surface area contributed by atoms with Gasteiger partial charge in [0.05, 0.1) is 11.1 Å². The fraction of sp³-hybridized carbons (Fsp3) is 0.133. The van der Waals surface area contributed by atoms with Crippen molar-refractivity contribution < 1.29 is 32.5 Å². The largest absolute Gasteiger partial charge is 0.478 e. The van der Waals surface area contributed by atoms with Gasteiger partial charge in [-0.05, 0) is 41.5 Å². The summed E-state index contributed by atoms with van der Waals surface area (Å²) >= 11 is 0. The third kappa shape index (κ3) is 2.57. The molecule has 0 saturated heterocycles. The third-order valence-corrected chi connectivity index (χ3v) is 3.21. The van der Waals surface area contributed by atoms with E-state index in [0.717, 1.165) is 6.07 Å². The first-order valence-corrected chi connectivity index (χ1v) is 6.20. The monoisotopic (exact) mass is 310 g/mol. The van der Waals surface area contributed by atoms with Crippen LogP contribution in [-0.2, 0) is 6.18 Å². The van der Waals surface area contributed by atoms with E-state index in [1.807, 2.05) is 0 Å². The Morgan fingerprint density at radius 3 is 2.41 bits per heavy atom. The van der Waals surface area contributed by atoms with Crippen LogP contribution in [0, 0.1) is 0 Å². The predicted molar refractivity (Wildman–Crippen MR) is 70.0 cm³/mol. The lowest BCUT2D eigenvalue weighted by Gasteiger charge is -2.11. The van der Waals surface area contributed by atoms with Crippen molar-refractivity contribution in [3.05, 3.63) is 47.5 Å². The number of aromatic carboxylic acids is 1. The van der Waals surface area contributed by atoms with Gasteiger partial charge >= 0.3 is 12.1 Å². The lowest BCUT2D eigenvalue weighted by molar-refractivity contribution is -0.137. The molecule has 0 fully saturated rings. The van der Waals surface area contributed by atoms with Gasteiger partial charge in [0.1, 0.15) is 0 Å². The first-order valence-electron chi connectivity index (χ1n) is 6.20. The minimum atomic E-state index is -4.63. The molecule has 0 bridgehead atoms. The van der Waals surface area contributed by atoms with E-state index in [-0.39, 0.29) is 12.4 Å². The highest BCUT2D eigenvalue weighted by molar-refractivity contribution is 5.90. The standard InChI is InChI=1S/C15H9F3O4/c16-15(17,18)11-4-9(3-10(5-11)14(19)20)8-1-2-12-13(6-8)22-7-21-12/h1-6H,7H2,(H,19,20). The fourth-order valence-electron chi connectivity index (χ4n) is 2.16. The van der Waals surface area contributed by atoms with E-state index in [1.165, 1.54) is 12.1 Å². The van der Waals surface area contributed by atoms with Crippen LogP contribution >= 0.6 is 0 Å².